The van der Waals surface area contributed by atoms with E-state index in [1.807, 2.05) is 19.1 Å². The fourth-order valence-electron chi connectivity index (χ4n) is 4.30. The van der Waals surface area contributed by atoms with E-state index in [1.165, 1.54) is 11.0 Å². The standard InChI is InChI=1S/C31H27ClF3N3O3/c1-20-10-13-23(14-11-20)36-30(41)37-27-18-21(24-7-3-4-8-25(24)29(39)40)12-15-28(27)38(17-16-31(33,34)35)19-22-6-2-5-9-26(22)32/h2-15,18H,16-17,19H2,1H3,(H,39,40)(H2,36,37,41). The molecule has 2 amide bonds. The first-order valence-corrected chi connectivity index (χ1v) is 13.0. The van der Waals surface area contributed by atoms with Crippen LogP contribution in [0.25, 0.3) is 11.1 Å². The van der Waals surface area contributed by atoms with Crippen molar-refractivity contribution in [2.75, 3.05) is 22.1 Å². The number of hydrogen-bond acceptors (Lipinski definition) is 3. The molecule has 0 spiro atoms. The van der Waals surface area contributed by atoms with Gasteiger partial charge in [0, 0.05) is 23.8 Å². The van der Waals surface area contributed by atoms with Gasteiger partial charge in [-0.15, -0.1) is 0 Å². The molecule has 0 atom stereocenters. The number of hydrogen-bond donors (Lipinski definition) is 3. The Balaban J connectivity index is 1.77. The van der Waals surface area contributed by atoms with Crippen LogP contribution in [0.15, 0.2) is 91.0 Å². The number of carboxylic acid groups (broad SMARTS) is 1. The number of carbonyl (C=O) groups excluding carboxylic acids is 1. The minimum atomic E-state index is -4.42. The Hall–Kier alpha value is -4.50. The van der Waals surface area contributed by atoms with Crippen molar-refractivity contribution < 1.29 is 27.9 Å². The Morgan fingerprint density at radius 2 is 1.59 bits per heavy atom. The molecule has 10 heteroatoms. The van der Waals surface area contributed by atoms with Crippen LogP contribution in [-0.4, -0.2) is 29.8 Å². The van der Waals surface area contributed by atoms with Crippen LogP contribution in [0, 0.1) is 6.92 Å². The molecule has 6 nitrogen and oxygen atoms in total. The second-order valence-corrected chi connectivity index (χ2v) is 9.81. The second kappa shape index (κ2) is 12.8. The summed E-state index contributed by atoms with van der Waals surface area (Å²) in [5.74, 6) is -1.14. The third kappa shape index (κ3) is 8.02. The van der Waals surface area contributed by atoms with E-state index in [9.17, 15) is 27.9 Å². The summed E-state index contributed by atoms with van der Waals surface area (Å²) < 4.78 is 40.0. The van der Waals surface area contributed by atoms with Gasteiger partial charge in [0.05, 0.1) is 23.4 Å². The zero-order chi connectivity index (χ0) is 29.6. The van der Waals surface area contributed by atoms with Crippen molar-refractivity contribution in [3.63, 3.8) is 0 Å². The van der Waals surface area contributed by atoms with Gasteiger partial charge in [-0.3, -0.25) is 0 Å². The Kier molecular flexibility index (Phi) is 9.19. The van der Waals surface area contributed by atoms with Gasteiger partial charge in [-0.1, -0.05) is 71.8 Å². The first-order valence-electron chi connectivity index (χ1n) is 12.7. The molecule has 4 aromatic rings. The van der Waals surface area contributed by atoms with Crippen molar-refractivity contribution in [3.8, 4) is 11.1 Å². The summed E-state index contributed by atoms with van der Waals surface area (Å²) >= 11 is 6.34. The molecule has 0 bridgehead atoms. The van der Waals surface area contributed by atoms with Crippen LogP contribution in [0.3, 0.4) is 0 Å². The molecule has 3 N–H and O–H groups in total. The number of nitrogens with one attached hydrogen (secondary N) is 2. The maximum atomic E-state index is 13.3. The lowest BCUT2D eigenvalue weighted by Gasteiger charge is -2.29. The zero-order valence-corrected chi connectivity index (χ0v) is 22.8. The maximum Gasteiger partial charge on any atom is 0.390 e. The van der Waals surface area contributed by atoms with Crippen LogP contribution in [0.4, 0.5) is 35.0 Å². The number of anilines is 3. The lowest BCUT2D eigenvalue weighted by molar-refractivity contribution is -0.132. The number of amides is 2. The van der Waals surface area contributed by atoms with Crippen molar-refractivity contribution in [3.05, 3.63) is 113 Å². The molecular formula is C31H27ClF3N3O3. The van der Waals surface area contributed by atoms with Gasteiger partial charge in [-0.25, -0.2) is 9.59 Å². The molecule has 0 radical (unpaired) electrons. The van der Waals surface area contributed by atoms with Gasteiger partial charge < -0.3 is 20.6 Å². The highest BCUT2D eigenvalue weighted by Gasteiger charge is 2.29. The molecule has 0 fully saturated rings. The molecule has 0 unspecified atom stereocenters. The van der Waals surface area contributed by atoms with Crippen molar-refractivity contribution in [1.82, 2.24) is 0 Å². The minimum Gasteiger partial charge on any atom is -0.478 e. The summed E-state index contributed by atoms with van der Waals surface area (Å²) in [6, 6.07) is 24.4. The molecule has 0 heterocycles. The predicted octanol–water partition coefficient (Wildman–Crippen LogP) is 8.62. The number of alkyl halides is 3. The molecule has 212 valence electrons. The van der Waals surface area contributed by atoms with Crippen LogP contribution in [0.5, 0.6) is 0 Å². The monoisotopic (exact) mass is 581 g/mol. The Bertz CT molecular complexity index is 1540. The summed E-state index contributed by atoms with van der Waals surface area (Å²) in [4.78, 5) is 26.4. The summed E-state index contributed by atoms with van der Waals surface area (Å²) in [7, 11) is 0. The van der Waals surface area contributed by atoms with E-state index in [4.69, 9.17) is 11.6 Å². The smallest absolute Gasteiger partial charge is 0.390 e. The maximum absolute atomic E-state index is 13.3. The van der Waals surface area contributed by atoms with Gasteiger partial charge in [0.1, 0.15) is 0 Å². The van der Waals surface area contributed by atoms with Crippen LogP contribution in [0.2, 0.25) is 5.02 Å². The molecule has 0 aliphatic heterocycles. The van der Waals surface area contributed by atoms with E-state index in [0.29, 0.717) is 33.1 Å². The van der Waals surface area contributed by atoms with Gasteiger partial charge in [-0.05, 0) is 60.0 Å². The third-order valence-corrected chi connectivity index (χ3v) is 6.72. The Morgan fingerprint density at radius 1 is 0.902 bits per heavy atom. The molecular weight excluding hydrogens is 555 g/mol. The van der Waals surface area contributed by atoms with Crippen LogP contribution in [0.1, 0.15) is 27.9 Å². The van der Waals surface area contributed by atoms with Gasteiger partial charge in [-0.2, -0.15) is 13.2 Å². The first kappa shape index (κ1) is 29.5. The summed E-state index contributed by atoms with van der Waals surface area (Å²) in [6.45, 7) is 1.54. The highest BCUT2D eigenvalue weighted by atomic mass is 35.5. The van der Waals surface area contributed by atoms with Gasteiger partial charge in [0.25, 0.3) is 0 Å². The average Bonchev–Trinajstić information content (AvgIpc) is 2.93. The molecule has 0 saturated heterocycles. The fraction of sp³-hybridized carbons (Fsp3) is 0.161. The number of carboxylic acids is 1. The van der Waals surface area contributed by atoms with Gasteiger partial charge in [0.15, 0.2) is 0 Å². The first-order chi connectivity index (χ1) is 19.5. The number of benzene rings is 4. The molecule has 0 aliphatic carbocycles. The van der Waals surface area contributed by atoms with E-state index < -0.39 is 31.1 Å². The average molecular weight is 582 g/mol. The van der Waals surface area contributed by atoms with E-state index in [2.05, 4.69) is 10.6 Å². The molecule has 0 aromatic heterocycles. The molecule has 4 aromatic carbocycles. The molecule has 0 saturated carbocycles. The quantitative estimate of drug-likeness (QED) is 0.185. The SMILES string of the molecule is Cc1ccc(NC(=O)Nc2cc(-c3ccccc3C(=O)O)ccc2N(CCC(F)(F)F)Cc2ccccc2Cl)cc1. The van der Waals surface area contributed by atoms with E-state index in [1.54, 1.807) is 72.8 Å². The van der Waals surface area contributed by atoms with Crippen molar-refractivity contribution in [2.45, 2.75) is 26.1 Å². The minimum absolute atomic E-state index is 0.0368. The highest BCUT2D eigenvalue weighted by molar-refractivity contribution is 6.31. The van der Waals surface area contributed by atoms with Crippen LogP contribution < -0.4 is 15.5 Å². The second-order valence-electron chi connectivity index (χ2n) is 9.41. The number of aryl methyl sites for hydroxylation is 1. The Labute approximate surface area is 240 Å². The number of urea groups is 1. The van der Waals surface area contributed by atoms with Gasteiger partial charge in [0.2, 0.25) is 0 Å². The number of carbonyl (C=O) groups is 2. The third-order valence-electron chi connectivity index (χ3n) is 6.35. The number of rotatable bonds is 9. The van der Waals surface area contributed by atoms with Crippen molar-refractivity contribution >= 4 is 40.7 Å². The lowest BCUT2D eigenvalue weighted by Crippen LogP contribution is -2.29. The molecule has 41 heavy (non-hydrogen) atoms. The number of aromatic carboxylic acids is 1. The Morgan fingerprint density at radius 3 is 2.27 bits per heavy atom. The largest absolute Gasteiger partial charge is 0.478 e. The van der Waals surface area contributed by atoms with Gasteiger partial charge >= 0.3 is 18.2 Å². The number of halogens is 4. The van der Waals surface area contributed by atoms with E-state index in [-0.39, 0.29) is 17.8 Å². The molecule has 4 rings (SSSR count). The lowest BCUT2D eigenvalue weighted by atomic mass is 9.98. The number of nitrogens with zero attached hydrogens (tertiary/aromatic N) is 1. The van der Waals surface area contributed by atoms with Crippen LogP contribution >= 0.6 is 11.6 Å². The fourth-order valence-corrected chi connectivity index (χ4v) is 4.50. The van der Waals surface area contributed by atoms with E-state index in [0.717, 1.165) is 5.56 Å². The molecule has 0 aliphatic rings. The van der Waals surface area contributed by atoms with Crippen molar-refractivity contribution in [1.29, 1.82) is 0 Å². The zero-order valence-electron chi connectivity index (χ0n) is 22.0. The van der Waals surface area contributed by atoms with Crippen LogP contribution in [-0.2, 0) is 6.54 Å². The highest BCUT2D eigenvalue weighted by Crippen LogP contribution is 2.36. The van der Waals surface area contributed by atoms with E-state index >= 15 is 0 Å². The summed E-state index contributed by atoms with van der Waals surface area (Å²) in [6.07, 6.45) is -5.52. The predicted molar refractivity (Wildman–Crippen MR) is 156 cm³/mol. The summed E-state index contributed by atoms with van der Waals surface area (Å²) in [5.41, 5.74) is 3.53. The topological polar surface area (TPSA) is 81.7 Å². The normalized spacial score (nSPS) is 11.1. The summed E-state index contributed by atoms with van der Waals surface area (Å²) in [5, 5.41) is 15.6. The van der Waals surface area contributed by atoms with Crippen molar-refractivity contribution in [2.24, 2.45) is 0 Å².